The lowest BCUT2D eigenvalue weighted by Gasteiger charge is -2.22. The van der Waals surface area contributed by atoms with Crippen LogP contribution in [-0.2, 0) is 14.8 Å². The van der Waals surface area contributed by atoms with E-state index in [0.29, 0.717) is 28.9 Å². The molecule has 2 N–H and O–H groups in total. The number of phenols is 1. The Morgan fingerprint density at radius 3 is 2.56 bits per heavy atom. The van der Waals surface area contributed by atoms with Gasteiger partial charge in [0.2, 0.25) is 15.9 Å². The van der Waals surface area contributed by atoms with Gasteiger partial charge in [0.1, 0.15) is 5.75 Å². The number of carbonyl (C=O) groups is 1. The van der Waals surface area contributed by atoms with E-state index < -0.39 is 16.1 Å². The molecule has 0 spiro atoms. The first-order valence-corrected chi connectivity index (χ1v) is 10.4. The minimum Gasteiger partial charge on any atom is -0.508 e. The summed E-state index contributed by atoms with van der Waals surface area (Å²) in [5.41, 5.74) is 2.19. The molecule has 1 atom stereocenters. The van der Waals surface area contributed by atoms with Crippen molar-refractivity contribution in [3.05, 3.63) is 59.7 Å². The maximum atomic E-state index is 12.4. The van der Waals surface area contributed by atoms with E-state index in [1.165, 1.54) is 5.01 Å². The number of sulfonamides is 1. The Morgan fingerprint density at radius 1 is 1.22 bits per heavy atom. The summed E-state index contributed by atoms with van der Waals surface area (Å²) < 4.78 is 25.8. The van der Waals surface area contributed by atoms with Gasteiger partial charge in [0.25, 0.3) is 0 Å². The molecule has 0 aromatic heterocycles. The summed E-state index contributed by atoms with van der Waals surface area (Å²) in [6.07, 6.45) is 1.72. The van der Waals surface area contributed by atoms with Gasteiger partial charge in [0, 0.05) is 24.0 Å². The Morgan fingerprint density at radius 2 is 1.89 bits per heavy atom. The number of hydrogen-bond acceptors (Lipinski definition) is 5. The first-order chi connectivity index (χ1) is 12.8. The summed E-state index contributed by atoms with van der Waals surface area (Å²) in [7, 11) is -3.46. The maximum absolute atomic E-state index is 12.4. The second-order valence-corrected chi connectivity index (χ2v) is 8.09. The van der Waals surface area contributed by atoms with Gasteiger partial charge in [-0.2, -0.15) is 5.10 Å². The average Bonchev–Trinajstić information content (AvgIpc) is 3.05. The normalized spacial score (nSPS) is 16.9. The molecule has 1 aliphatic rings. The molecule has 0 aliphatic carbocycles. The zero-order valence-electron chi connectivity index (χ0n) is 15.1. The molecule has 0 bridgehead atoms. The maximum Gasteiger partial charge on any atom is 0.242 e. The number of aromatic hydroxyl groups is 1. The SMILES string of the molecule is CCC(=O)N1N=C(c2ccccc2NS(C)(=O)=O)C[C@H]1c1ccccc1O. The Balaban J connectivity index is 2.03. The van der Waals surface area contributed by atoms with Crippen LogP contribution >= 0.6 is 0 Å². The third-order valence-corrected chi connectivity index (χ3v) is 4.89. The van der Waals surface area contributed by atoms with Crippen LogP contribution in [0.15, 0.2) is 53.6 Å². The third-order valence-electron chi connectivity index (χ3n) is 4.30. The van der Waals surface area contributed by atoms with E-state index in [4.69, 9.17) is 0 Å². The van der Waals surface area contributed by atoms with Crippen LogP contribution in [0, 0.1) is 0 Å². The molecular weight excluding hydrogens is 366 g/mol. The Labute approximate surface area is 158 Å². The fraction of sp³-hybridized carbons (Fsp3) is 0.263. The molecule has 2 aromatic rings. The van der Waals surface area contributed by atoms with E-state index >= 15 is 0 Å². The van der Waals surface area contributed by atoms with Gasteiger partial charge in [-0.1, -0.05) is 43.3 Å². The van der Waals surface area contributed by atoms with Crippen LogP contribution in [0.25, 0.3) is 0 Å². The number of nitrogens with zero attached hydrogens (tertiary/aromatic N) is 2. The number of amides is 1. The molecule has 3 rings (SSSR count). The van der Waals surface area contributed by atoms with Crippen molar-refractivity contribution >= 4 is 27.3 Å². The van der Waals surface area contributed by atoms with Crippen LogP contribution in [-0.4, -0.2) is 36.4 Å². The van der Waals surface area contributed by atoms with Gasteiger partial charge in [-0.3, -0.25) is 9.52 Å². The monoisotopic (exact) mass is 387 g/mol. The van der Waals surface area contributed by atoms with Crippen molar-refractivity contribution in [2.75, 3.05) is 11.0 Å². The van der Waals surface area contributed by atoms with Gasteiger partial charge < -0.3 is 5.11 Å². The average molecular weight is 387 g/mol. The van der Waals surface area contributed by atoms with Crippen molar-refractivity contribution in [3.63, 3.8) is 0 Å². The van der Waals surface area contributed by atoms with Gasteiger partial charge in [0.05, 0.1) is 23.7 Å². The molecule has 1 aliphatic heterocycles. The van der Waals surface area contributed by atoms with Crippen LogP contribution in [0.5, 0.6) is 5.75 Å². The van der Waals surface area contributed by atoms with E-state index in [1.54, 1.807) is 55.5 Å². The van der Waals surface area contributed by atoms with E-state index in [-0.39, 0.29) is 18.1 Å². The zero-order chi connectivity index (χ0) is 19.6. The van der Waals surface area contributed by atoms with Crippen molar-refractivity contribution in [1.29, 1.82) is 0 Å². The van der Waals surface area contributed by atoms with E-state index in [2.05, 4.69) is 9.82 Å². The predicted molar refractivity (Wildman–Crippen MR) is 104 cm³/mol. The minimum atomic E-state index is -3.46. The first-order valence-electron chi connectivity index (χ1n) is 8.54. The molecule has 2 aromatic carbocycles. The minimum absolute atomic E-state index is 0.0930. The molecule has 0 unspecified atom stereocenters. The summed E-state index contributed by atoms with van der Waals surface area (Å²) >= 11 is 0. The summed E-state index contributed by atoms with van der Waals surface area (Å²) in [6.45, 7) is 1.75. The summed E-state index contributed by atoms with van der Waals surface area (Å²) in [6, 6.07) is 13.3. The molecule has 0 saturated carbocycles. The van der Waals surface area contributed by atoms with Crippen molar-refractivity contribution in [2.45, 2.75) is 25.8 Å². The summed E-state index contributed by atoms with van der Waals surface area (Å²) in [5, 5.41) is 16.1. The summed E-state index contributed by atoms with van der Waals surface area (Å²) in [4.78, 5) is 12.4. The number of rotatable bonds is 5. The fourth-order valence-corrected chi connectivity index (χ4v) is 3.68. The number of hydrogen-bond donors (Lipinski definition) is 2. The molecule has 142 valence electrons. The second-order valence-electron chi connectivity index (χ2n) is 6.34. The highest BCUT2D eigenvalue weighted by Gasteiger charge is 2.34. The predicted octanol–water partition coefficient (Wildman–Crippen LogP) is 2.85. The van der Waals surface area contributed by atoms with Gasteiger partial charge in [0.15, 0.2) is 0 Å². The van der Waals surface area contributed by atoms with Crippen molar-refractivity contribution in [2.24, 2.45) is 5.10 Å². The quantitative estimate of drug-likeness (QED) is 0.824. The van der Waals surface area contributed by atoms with Crippen LogP contribution < -0.4 is 4.72 Å². The van der Waals surface area contributed by atoms with Crippen molar-refractivity contribution < 1.29 is 18.3 Å². The smallest absolute Gasteiger partial charge is 0.242 e. The highest BCUT2D eigenvalue weighted by molar-refractivity contribution is 7.92. The molecule has 7 nitrogen and oxygen atoms in total. The zero-order valence-corrected chi connectivity index (χ0v) is 15.9. The van der Waals surface area contributed by atoms with Crippen LogP contribution in [0.2, 0.25) is 0 Å². The Kier molecular flexibility index (Phi) is 5.18. The topological polar surface area (TPSA) is 99.1 Å². The number of hydrazone groups is 1. The lowest BCUT2D eigenvalue weighted by molar-refractivity contribution is -0.132. The Bertz CT molecular complexity index is 1000. The molecule has 0 radical (unpaired) electrons. The number of carbonyl (C=O) groups excluding carboxylic acids is 1. The lowest BCUT2D eigenvalue weighted by Crippen LogP contribution is -2.26. The Hall–Kier alpha value is -2.87. The van der Waals surface area contributed by atoms with Gasteiger partial charge in [-0.25, -0.2) is 13.4 Å². The van der Waals surface area contributed by atoms with Crippen LogP contribution in [0.4, 0.5) is 5.69 Å². The number of benzene rings is 2. The first kappa shape index (κ1) is 18.9. The fourth-order valence-electron chi connectivity index (χ4n) is 3.10. The number of anilines is 1. The van der Waals surface area contributed by atoms with Gasteiger partial charge >= 0.3 is 0 Å². The molecule has 1 amide bonds. The summed E-state index contributed by atoms with van der Waals surface area (Å²) in [5.74, 6) is -0.0813. The van der Waals surface area contributed by atoms with Gasteiger partial charge in [-0.05, 0) is 12.1 Å². The molecule has 0 saturated heterocycles. The third kappa shape index (κ3) is 4.11. The number of nitrogens with one attached hydrogen (secondary N) is 1. The standard InChI is InChI=1S/C19H21N3O4S/c1-3-19(24)22-17(14-9-5-7-11-18(14)23)12-16(20-22)13-8-4-6-10-15(13)21-27(2,25)26/h4-11,17,21,23H,3,12H2,1-2H3/t17-/m0/s1. The molecule has 0 fully saturated rings. The van der Waals surface area contributed by atoms with Crippen LogP contribution in [0.3, 0.4) is 0 Å². The molecule has 1 heterocycles. The number of phenolic OH excluding ortho intramolecular Hbond substituents is 1. The second kappa shape index (κ2) is 7.40. The van der Waals surface area contributed by atoms with Crippen LogP contribution in [0.1, 0.15) is 36.9 Å². The molecule has 27 heavy (non-hydrogen) atoms. The van der Waals surface area contributed by atoms with E-state index in [1.807, 2.05) is 0 Å². The highest BCUT2D eigenvalue weighted by atomic mass is 32.2. The van der Waals surface area contributed by atoms with Crippen molar-refractivity contribution in [1.82, 2.24) is 5.01 Å². The number of para-hydroxylation sites is 2. The van der Waals surface area contributed by atoms with E-state index in [0.717, 1.165) is 6.26 Å². The largest absolute Gasteiger partial charge is 0.508 e. The van der Waals surface area contributed by atoms with Gasteiger partial charge in [-0.15, -0.1) is 0 Å². The highest BCUT2D eigenvalue weighted by Crippen LogP contribution is 2.38. The molecular formula is C19H21N3O4S. The molecule has 8 heteroatoms. The lowest BCUT2D eigenvalue weighted by atomic mass is 9.97. The van der Waals surface area contributed by atoms with E-state index in [9.17, 15) is 18.3 Å². The van der Waals surface area contributed by atoms with Crippen molar-refractivity contribution in [3.8, 4) is 5.75 Å².